The molecule has 3 rings (SSSR count). The number of carbonyl (C=O) groups excluding carboxylic acids is 1. The van der Waals surface area contributed by atoms with Crippen LogP contribution >= 0.6 is 0 Å². The molecule has 1 aromatic rings. The molecule has 1 amide bonds. The number of benzene rings is 1. The van der Waals surface area contributed by atoms with Crippen molar-refractivity contribution in [2.75, 3.05) is 19.6 Å². The monoisotopic (exact) mass is 301 g/mol. The lowest BCUT2D eigenvalue weighted by molar-refractivity contribution is -0.121. The van der Waals surface area contributed by atoms with E-state index in [9.17, 15) is 4.79 Å². The van der Waals surface area contributed by atoms with Gasteiger partial charge in [-0.15, -0.1) is 0 Å². The van der Waals surface area contributed by atoms with Crippen LogP contribution in [0.4, 0.5) is 0 Å². The van der Waals surface area contributed by atoms with Gasteiger partial charge in [0, 0.05) is 32.6 Å². The van der Waals surface area contributed by atoms with E-state index in [-0.39, 0.29) is 11.4 Å². The lowest BCUT2D eigenvalue weighted by Gasteiger charge is -2.43. The van der Waals surface area contributed by atoms with Gasteiger partial charge in [0.2, 0.25) is 5.91 Å². The minimum absolute atomic E-state index is 0.0689. The summed E-state index contributed by atoms with van der Waals surface area (Å²) in [6.45, 7) is 6.36. The zero-order valence-corrected chi connectivity index (χ0v) is 13.6. The summed E-state index contributed by atoms with van der Waals surface area (Å²) in [7, 11) is 0. The van der Waals surface area contributed by atoms with E-state index in [1.165, 1.54) is 12.0 Å². The first-order valence-electron chi connectivity index (χ1n) is 8.55. The van der Waals surface area contributed by atoms with Crippen LogP contribution in [0.2, 0.25) is 0 Å². The van der Waals surface area contributed by atoms with E-state index < -0.39 is 0 Å². The van der Waals surface area contributed by atoms with Crippen LogP contribution < -0.4 is 5.43 Å². The van der Waals surface area contributed by atoms with Gasteiger partial charge >= 0.3 is 0 Å². The molecule has 1 N–H and O–H groups in total. The fraction of sp³-hybridized carbons (Fsp3) is 0.611. The highest BCUT2D eigenvalue weighted by Gasteiger charge is 2.46. The molecule has 2 aliphatic heterocycles. The SMILES string of the molecule is CCCCN1NC(=O)CC12CCN(Cc1ccccc1)CC2. The second-order valence-corrected chi connectivity index (χ2v) is 6.70. The summed E-state index contributed by atoms with van der Waals surface area (Å²) < 4.78 is 0. The van der Waals surface area contributed by atoms with Crippen LogP contribution in [0, 0.1) is 0 Å². The van der Waals surface area contributed by atoms with E-state index >= 15 is 0 Å². The van der Waals surface area contributed by atoms with E-state index in [4.69, 9.17) is 0 Å². The van der Waals surface area contributed by atoms with E-state index in [1.54, 1.807) is 0 Å². The van der Waals surface area contributed by atoms with Crippen molar-refractivity contribution < 1.29 is 4.79 Å². The summed E-state index contributed by atoms with van der Waals surface area (Å²) in [6.07, 6.45) is 5.17. The molecule has 2 fully saturated rings. The Labute approximate surface area is 133 Å². The Balaban J connectivity index is 1.58. The fourth-order valence-electron chi connectivity index (χ4n) is 3.73. The maximum atomic E-state index is 11.9. The molecule has 2 aliphatic rings. The van der Waals surface area contributed by atoms with Crippen LogP contribution in [-0.2, 0) is 11.3 Å². The van der Waals surface area contributed by atoms with E-state index in [0.29, 0.717) is 6.42 Å². The van der Waals surface area contributed by atoms with Gasteiger partial charge in [-0.25, -0.2) is 5.01 Å². The second kappa shape index (κ2) is 6.80. The Kier molecular flexibility index (Phi) is 4.79. The molecular formula is C18H27N3O. The fourth-order valence-corrected chi connectivity index (χ4v) is 3.73. The maximum Gasteiger partial charge on any atom is 0.236 e. The van der Waals surface area contributed by atoms with Gasteiger partial charge in [-0.05, 0) is 24.8 Å². The number of hydrazine groups is 1. The molecule has 1 spiro atoms. The molecule has 0 aliphatic carbocycles. The average Bonchev–Trinajstić information content (AvgIpc) is 2.84. The molecule has 0 unspecified atom stereocenters. The van der Waals surface area contributed by atoms with Crippen molar-refractivity contribution in [3.05, 3.63) is 35.9 Å². The highest BCUT2D eigenvalue weighted by atomic mass is 16.2. The number of rotatable bonds is 5. The second-order valence-electron chi connectivity index (χ2n) is 6.70. The number of hydrogen-bond acceptors (Lipinski definition) is 3. The highest BCUT2D eigenvalue weighted by Crippen LogP contribution is 2.35. The lowest BCUT2D eigenvalue weighted by Crippen LogP contribution is -2.54. The smallest absolute Gasteiger partial charge is 0.236 e. The molecule has 0 saturated carbocycles. The van der Waals surface area contributed by atoms with Gasteiger partial charge in [0.15, 0.2) is 0 Å². The van der Waals surface area contributed by atoms with Crippen LogP contribution in [0.1, 0.15) is 44.6 Å². The number of likely N-dealkylation sites (tertiary alicyclic amines) is 1. The van der Waals surface area contributed by atoms with Gasteiger partial charge < -0.3 is 0 Å². The molecule has 0 aromatic heterocycles. The average molecular weight is 301 g/mol. The van der Waals surface area contributed by atoms with Gasteiger partial charge in [-0.1, -0.05) is 43.7 Å². The zero-order valence-electron chi connectivity index (χ0n) is 13.6. The molecule has 4 nitrogen and oxygen atoms in total. The molecule has 0 bridgehead atoms. The minimum Gasteiger partial charge on any atom is -0.299 e. The van der Waals surface area contributed by atoms with Crippen LogP contribution in [0.25, 0.3) is 0 Å². The minimum atomic E-state index is 0.0689. The van der Waals surface area contributed by atoms with Gasteiger partial charge in [-0.3, -0.25) is 15.1 Å². The van der Waals surface area contributed by atoms with Crippen LogP contribution in [0.3, 0.4) is 0 Å². The largest absolute Gasteiger partial charge is 0.299 e. The van der Waals surface area contributed by atoms with Crippen molar-refractivity contribution in [2.45, 2.75) is 51.1 Å². The van der Waals surface area contributed by atoms with Crippen molar-refractivity contribution >= 4 is 5.91 Å². The summed E-state index contributed by atoms with van der Waals surface area (Å²) >= 11 is 0. The first-order valence-corrected chi connectivity index (χ1v) is 8.55. The zero-order chi connectivity index (χ0) is 15.4. The molecule has 1 aromatic carbocycles. The van der Waals surface area contributed by atoms with Gasteiger partial charge in [0.05, 0.1) is 5.54 Å². The molecule has 4 heteroatoms. The number of amides is 1. The van der Waals surface area contributed by atoms with E-state index in [0.717, 1.165) is 45.4 Å². The summed E-state index contributed by atoms with van der Waals surface area (Å²) in [4.78, 5) is 14.4. The van der Waals surface area contributed by atoms with Crippen LogP contribution in [0.15, 0.2) is 30.3 Å². The summed E-state index contributed by atoms with van der Waals surface area (Å²) in [5, 5.41) is 2.25. The summed E-state index contributed by atoms with van der Waals surface area (Å²) in [5.41, 5.74) is 4.54. The molecule has 2 saturated heterocycles. The summed E-state index contributed by atoms with van der Waals surface area (Å²) in [5.74, 6) is 0.201. The molecular weight excluding hydrogens is 274 g/mol. The first kappa shape index (κ1) is 15.5. The first-order chi connectivity index (χ1) is 10.7. The molecule has 120 valence electrons. The van der Waals surface area contributed by atoms with Crippen LogP contribution in [0.5, 0.6) is 0 Å². The predicted molar refractivity (Wildman–Crippen MR) is 88.1 cm³/mol. The Morgan fingerprint density at radius 2 is 1.91 bits per heavy atom. The quantitative estimate of drug-likeness (QED) is 0.908. The third kappa shape index (κ3) is 3.33. The standard InChI is InChI=1S/C18H27N3O/c1-2-3-11-21-18(14-17(22)19-21)9-12-20(13-10-18)15-16-7-5-4-6-8-16/h4-8H,2-3,9-15H2,1H3,(H,19,22). The van der Waals surface area contributed by atoms with Gasteiger partial charge in [0.25, 0.3) is 0 Å². The molecule has 2 heterocycles. The third-order valence-electron chi connectivity index (χ3n) is 5.09. The predicted octanol–water partition coefficient (Wildman–Crippen LogP) is 2.56. The number of nitrogens with one attached hydrogen (secondary N) is 1. The molecule has 0 radical (unpaired) electrons. The number of nitrogens with zero attached hydrogens (tertiary/aromatic N) is 2. The lowest BCUT2D eigenvalue weighted by atomic mass is 9.84. The Morgan fingerprint density at radius 3 is 2.59 bits per heavy atom. The molecule has 0 atom stereocenters. The Morgan fingerprint density at radius 1 is 1.18 bits per heavy atom. The Bertz CT molecular complexity index is 494. The Hall–Kier alpha value is -1.39. The van der Waals surface area contributed by atoms with Crippen molar-refractivity contribution in [3.63, 3.8) is 0 Å². The summed E-state index contributed by atoms with van der Waals surface area (Å²) in [6, 6.07) is 10.7. The molecule has 22 heavy (non-hydrogen) atoms. The van der Waals surface area contributed by atoms with E-state index in [1.807, 2.05) is 0 Å². The highest BCUT2D eigenvalue weighted by molar-refractivity contribution is 5.79. The number of hydrogen-bond donors (Lipinski definition) is 1. The third-order valence-corrected chi connectivity index (χ3v) is 5.09. The normalized spacial score (nSPS) is 22.1. The number of carbonyl (C=O) groups is 1. The van der Waals surface area contributed by atoms with Crippen LogP contribution in [-0.4, -0.2) is 41.0 Å². The maximum absolute atomic E-state index is 11.9. The van der Waals surface area contributed by atoms with Crippen molar-refractivity contribution in [1.82, 2.24) is 15.3 Å². The van der Waals surface area contributed by atoms with Crippen molar-refractivity contribution in [3.8, 4) is 0 Å². The van der Waals surface area contributed by atoms with E-state index in [2.05, 4.69) is 52.6 Å². The topological polar surface area (TPSA) is 35.6 Å². The number of piperidine rings is 1. The van der Waals surface area contributed by atoms with Gasteiger partial charge in [-0.2, -0.15) is 0 Å². The van der Waals surface area contributed by atoms with Gasteiger partial charge in [0.1, 0.15) is 0 Å². The number of unbranched alkanes of at least 4 members (excludes halogenated alkanes) is 1. The van der Waals surface area contributed by atoms with Crippen molar-refractivity contribution in [1.29, 1.82) is 0 Å². The van der Waals surface area contributed by atoms with Crippen molar-refractivity contribution in [2.24, 2.45) is 0 Å².